The number of hydrogen-bond donors (Lipinski definition) is 2. The first-order chi connectivity index (χ1) is 12.6. The Balaban J connectivity index is 1.54. The molecule has 1 aliphatic carbocycles. The molecule has 3 aromatic rings. The molecule has 0 fully saturated rings. The lowest BCUT2D eigenvalue weighted by molar-refractivity contribution is 0.0933. The standard InChI is InChI=1S/C21H19N3O2/c22-18-13-15-5-1-2-6-17(15)20(18)23-21(26)14-8-10-16(11-9-14)24-12-4-3-7-19(24)25/h1-12,18,20H,13,22H2,(H,23,26). The molecule has 0 spiro atoms. The molecule has 5 nitrogen and oxygen atoms in total. The highest BCUT2D eigenvalue weighted by Crippen LogP contribution is 2.30. The van der Waals surface area contributed by atoms with Crippen molar-refractivity contribution in [2.75, 3.05) is 0 Å². The zero-order valence-electron chi connectivity index (χ0n) is 14.1. The van der Waals surface area contributed by atoms with Crippen molar-refractivity contribution in [3.05, 3.63) is 100.0 Å². The molecule has 1 aromatic heterocycles. The number of fused-ring (bicyclic) bond motifs is 1. The number of pyridine rings is 1. The summed E-state index contributed by atoms with van der Waals surface area (Å²) in [5.74, 6) is -0.172. The van der Waals surface area contributed by atoms with Gasteiger partial charge in [0.1, 0.15) is 0 Å². The van der Waals surface area contributed by atoms with E-state index in [1.165, 1.54) is 16.2 Å². The van der Waals surface area contributed by atoms with Gasteiger partial charge in [0, 0.05) is 29.6 Å². The van der Waals surface area contributed by atoms with Crippen LogP contribution in [0.15, 0.2) is 77.7 Å². The average molecular weight is 345 g/mol. The van der Waals surface area contributed by atoms with Gasteiger partial charge in [0.25, 0.3) is 11.5 Å². The van der Waals surface area contributed by atoms with Crippen molar-refractivity contribution in [2.24, 2.45) is 5.73 Å². The summed E-state index contributed by atoms with van der Waals surface area (Å²) in [7, 11) is 0. The van der Waals surface area contributed by atoms with E-state index in [1.807, 2.05) is 24.3 Å². The highest BCUT2D eigenvalue weighted by molar-refractivity contribution is 5.94. The van der Waals surface area contributed by atoms with Crippen LogP contribution in [0.5, 0.6) is 0 Å². The molecule has 5 heteroatoms. The molecule has 0 saturated heterocycles. The third-order valence-electron chi connectivity index (χ3n) is 4.79. The van der Waals surface area contributed by atoms with E-state index in [9.17, 15) is 9.59 Å². The van der Waals surface area contributed by atoms with Crippen LogP contribution in [0.25, 0.3) is 5.69 Å². The monoisotopic (exact) mass is 345 g/mol. The summed E-state index contributed by atoms with van der Waals surface area (Å²) in [5.41, 5.74) is 9.63. The highest BCUT2D eigenvalue weighted by Gasteiger charge is 2.30. The van der Waals surface area contributed by atoms with Gasteiger partial charge in [-0.25, -0.2) is 0 Å². The number of aromatic nitrogens is 1. The van der Waals surface area contributed by atoms with Crippen molar-refractivity contribution >= 4 is 5.91 Å². The van der Waals surface area contributed by atoms with E-state index < -0.39 is 0 Å². The Labute approximate surface area is 151 Å². The minimum Gasteiger partial charge on any atom is -0.344 e. The molecule has 26 heavy (non-hydrogen) atoms. The van der Waals surface area contributed by atoms with E-state index in [4.69, 9.17) is 5.73 Å². The summed E-state index contributed by atoms with van der Waals surface area (Å²) >= 11 is 0. The zero-order chi connectivity index (χ0) is 18.1. The maximum Gasteiger partial charge on any atom is 0.255 e. The van der Waals surface area contributed by atoms with Crippen LogP contribution in [0, 0.1) is 0 Å². The highest BCUT2D eigenvalue weighted by atomic mass is 16.1. The van der Waals surface area contributed by atoms with Crippen LogP contribution >= 0.6 is 0 Å². The van der Waals surface area contributed by atoms with Gasteiger partial charge in [0.15, 0.2) is 0 Å². The first kappa shape index (κ1) is 16.3. The van der Waals surface area contributed by atoms with E-state index in [0.717, 1.165) is 17.7 Å². The maximum absolute atomic E-state index is 12.6. The molecule has 0 radical (unpaired) electrons. The predicted molar refractivity (Wildman–Crippen MR) is 100 cm³/mol. The fraction of sp³-hybridized carbons (Fsp3) is 0.143. The van der Waals surface area contributed by atoms with E-state index >= 15 is 0 Å². The fourth-order valence-corrected chi connectivity index (χ4v) is 3.45. The Kier molecular flexibility index (Phi) is 4.14. The van der Waals surface area contributed by atoms with Gasteiger partial charge in [-0.1, -0.05) is 30.3 Å². The molecule has 1 amide bonds. The Morgan fingerprint density at radius 3 is 2.50 bits per heavy atom. The third-order valence-corrected chi connectivity index (χ3v) is 4.79. The molecule has 2 aromatic carbocycles. The van der Waals surface area contributed by atoms with Crippen LogP contribution in [0.4, 0.5) is 0 Å². The minimum absolute atomic E-state index is 0.113. The summed E-state index contributed by atoms with van der Waals surface area (Å²) in [6.45, 7) is 0. The quantitative estimate of drug-likeness (QED) is 0.764. The van der Waals surface area contributed by atoms with Crippen molar-refractivity contribution in [3.8, 4) is 5.69 Å². The number of benzene rings is 2. The van der Waals surface area contributed by atoms with Gasteiger partial charge in [-0.05, 0) is 47.9 Å². The molecule has 2 unspecified atom stereocenters. The molecular weight excluding hydrogens is 326 g/mol. The Morgan fingerprint density at radius 1 is 1.00 bits per heavy atom. The normalized spacial score (nSPS) is 18.3. The second-order valence-electron chi connectivity index (χ2n) is 6.47. The molecule has 1 heterocycles. The number of nitrogens with one attached hydrogen (secondary N) is 1. The van der Waals surface area contributed by atoms with E-state index in [1.54, 1.807) is 42.6 Å². The van der Waals surface area contributed by atoms with Gasteiger partial charge in [-0.3, -0.25) is 14.2 Å². The summed E-state index contributed by atoms with van der Waals surface area (Å²) in [4.78, 5) is 24.5. The van der Waals surface area contributed by atoms with Crippen molar-refractivity contribution in [1.29, 1.82) is 0 Å². The number of rotatable bonds is 3. The van der Waals surface area contributed by atoms with Crippen LogP contribution in [-0.4, -0.2) is 16.5 Å². The SMILES string of the molecule is NC1Cc2ccccc2C1NC(=O)c1ccc(-n2ccccc2=O)cc1. The first-order valence-corrected chi connectivity index (χ1v) is 8.56. The lowest BCUT2D eigenvalue weighted by Crippen LogP contribution is -2.38. The smallest absolute Gasteiger partial charge is 0.255 e. The van der Waals surface area contributed by atoms with Gasteiger partial charge >= 0.3 is 0 Å². The second-order valence-corrected chi connectivity index (χ2v) is 6.47. The molecule has 130 valence electrons. The van der Waals surface area contributed by atoms with Gasteiger partial charge in [0.2, 0.25) is 0 Å². The molecule has 0 aliphatic heterocycles. The van der Waals surface area contributed by atoms with Gasteiger partial charge in [0.05, 0.1) is 6.04 Å². The Hall–Kier alpha value is -3.18. The maximum atomic E-state index is 12.6. The largest absolute Gasteiger partial charge is 0.344 e. The molecule has 1 aliphatic rings. The molecule has 4 rings (SSSR count). The Bertz CT molecular complexity index is 1010. The van der Waals surface area contributed by atoms with Gasteiger partial charge in [-0.15, -0.1) is 0 Å². The molecule has 2 atom stereocenters. The fourth-order valence-electron chi connectivity index (χ4n) is 3.45. The number of nitrogens with zero attached hydrogens (tertiary/aromatic N) is 1. The van der Waals surface area contributed by atoms with Crippen molar-refractivity contribution < 1.29 is 4.79 Å². The van der Waals surface area contributed by atoms with Gasteiger partial charge in [-0.2, -0.15) is 0 Å². The molecule has 0 bridgehead atoms. The minimum atomic E-state index is -0.185. The summed E-state index contributed by atoms with van der Waals surface area (Å²) < 4.78 is 1.53. The van der Waals surface area contributed by atoms with E-state index in [0.29, 0.717) is 5.56 Å². The molecule has 0 saturated carbocycles. The van der Waals surface area contributed by atoms with Crippen molar-refractivity contribution in [2.45, 2.75) is 18.5 Å². The van der Waals surface area contributed by atoms with Crippen LogP contribution in [0.1, 0.15) is 27.5 Å². The van der Waals surface area contributed by atoms with Crippen LogP contribution in [-0.2, 0) is 6.42 Å². The predicted octanol–water partition coefficient (Wildman–Crippen LogP) is 2.19. The summed E-state index contributed by atoms with van der Waals surface area (Å²) in [5, 5.41) is 3.04. The average Bonchev–Trinajstić information content (AvgIpc) is 2.98. The van der Waals surface area contributed by atoms with Crippen molar-refractivity contribution in [1.82, 2.24) is 9.88 Å². The first-order valence-electron chi connectivity index (χ1n) is 8.56. The molecular formula is C21H19N3O2. The lowest BCUT2D eigenvalue weighted by atomic mass is 10.1. The second kappa shape index (κ2) is 6.61. The number of carbonyl (C=O) groups excluding carboxylic acids is 1. The van der Waals surface area contributed by atoms with Crippen LogP contribution in [0.3, 0.4) is 0 Å². The van der Waals surface area contributed by atoms with Crippen LogP contribution < -0.4 is 16.6 Å². The number of carbonyl (C=O) groups is 1. The Morgan fingerprint density at radius 2 is 1.73 bits per heavy atom. The molecule has 3 N–H and O–H groups in total. The van der Waals surface area contributed by atoms with E-state index in [2.05, 4.69) is 5.32 Å². The lowest BCUT2D eigenvalue weighted by Gasteiger charge is -2.19. The van der Waals surface area contributed by atoms with Crippen molar-refractivity contribution in [3.63, 3.8) is 0 Å². The number of hydrogen-bond acceptors (Lipinski definition) is 3. The summed E-state index contributed by atoms with van der Waals surface area (Å²) in [6.07, 6.45) is 2.46. The zero-order valence-corrected chi connectivity index (χ0v) is 14.1. The summed E-state index contributed by atoms with van der Waals surface area (Å²) in [6, 6.07) is 19.6. The van der Waals surface area contributed by atoms with Crippen LogP contribution in [0.2, 0.25) is 0 Å². The number of nitrogens with two attached hydrogens (primary N) is 1. The number of amides is 1. The van der Waals surface area contributed by atoms with E-state index in [-0.39, 0.29) is 23.6 Å². The third kappa shape index (κ3) is 2.93. The topological polar surface area (TPSA) is 77.1 Å². The van der Waals surface area contributed by atoms with Gasteiger partial charge < -0.3 is 11.1 Å².